The Labute approximate surface area is 216 Å². The van der Waals surface area contributed by atoms with Gasteiger partial charge in [-0.1, -0.05) is 19.3 Å². The second kappa shape index (κ2) is 10.2. The Morgan fingerprint density at radius 2 is 1.84 bits per heavy atom. The summed E-state index contributed by atoms with van der Waals surface area (Å²) >= 11 is 0. The molecule has 0 bridgehead atoms. The number of rotatable bonds is 6. The molecule has 9 heteroatoms. The molecule has 1 N–H and O–H groups in total. The molecular formula is C28H35N7O2. The zero-order valence-corrected chi connectivity index (χ0v) is 21.7. The predicted molar refractivity (Wildman–Crippen MR) is 142 cm³/mol. The van der Waals surface area contributed by atoms with Crippen LogP contribution in [0.2, 0.25) is 0 Å². The number of tetrazole rings is 1. The number of hydrogen-bond donors (Lipinski definition) is 1. The molecule has 0 spiro atoms. The number of aromatic nitrogens is 5. The summed E-state index contributed by atoms with van der Waals surface area (Å²) in [7, 11) is 0. The first-order valence-corrected chi connectivity index (χ1v) is 13.5. The van der Waals surface area contributed by atoms with Crippen molar-refractivity contribution in [3.8, 4) is 0 Å². The fraction of sp³-hybridized carbons (Fsp3) is 0.500. The molecule has 1 aromatic carbocycles. The third-order valence-corrected chi connectivity index (χ3v) is 8.28. The SMILES string of the molecule is Cc1cc2cc([C@H](c3nnnn3Cc3ccco3)N3CCN(C4CCCCC4)CC3)c(=O)[nH]c2cc1C. The summed E-state index contributed by atoms with van der Waals surface area (Å²) in [5, 5.41) is 13.8. The van der Waals surface area contributed by atoms with Crippen molar-refractivity contribution < 1.29 is 4.42 Å². The van der Waals surface area contributed by atoms with Gasteiger partial charge < -0.3 is 9.40 Å². The number of H-pyrrole nitrogens is 1. The van der Waals surface area contributed by atoms with Gasteiger partial charge in [0.05, 0.1) is 6.26 Å². The number of nitrogens with zero attached hydrogens (tertiary/aromatic N) is 6. The minimum absolute atomic E-state index is 0.0944. The van der Waals surface area contributed by atoms with E-state index in [9.17, 15) is 4.79 Å². The van der Waals surface area contributed by atoms with Crippen LogP contribution in [0.4, 0.5) is 0 Å². The van der Waals surface area contributed by atoms with Gasteiger partial charge in [-0.25, -0.2) is 4.68 Å². The van der Waals surface area contributed by atoms with Crippen molar-refractivity contribution in [3.05, 3.63) is 75.2 Å². The van der Waals surface area contributed by atoms with E-state index in [0.717, 1.165) is 48.4 Å². The lowest BCUT2D eigenvalue weighted by Gasteiger charge is -2.42. The van der Waals surface area contributed by atoms with Gasteiger partial charge in [-0.15, -0.1) is 5.10 Å². The van der Waals surface area contributed by atoms with E-state index < -0.39 is 0 Å². The predicted octanol–water partition coefficient (Wildman–Crippen LogP) is 3.81. The molecule has 9 nitrogen and oxygen atoms in total. The molecular weight excluding hydrogens is 466 g/mol. The molecule has 37 heavy (non-hydrogen) atoms. The number of furan rings is 1. The van der Waals surface area contributed by atoms with Crippen LogP contribution in [0.1, 0.15) is 66.4 Å². The minimum Gasteiger partial charge on any atom is -0.467 e. The van der Waals surface area contributed by atoms with E-state index in [1.807, 2.05) is 18.2 Å². The van der Waals surface area contributed by atoms with Crippen LogP contribution in [-0.2, 0) is 6.54 Å². The molecule has 0 unspecified atom stereocenters. The number of pyridine rings is 1. The van der Waals surface area contributed by atoms with Gasteiger partial charge in [0, 0.05) is 43.3 Å². The van der Waals surface area contributed by atoms with Crippen LogP contribution in [0.15, 0.2) is 45.8 Å². The van der Waals surface area contributed by atoms with Crippen LogP contribution >= 0.6 is 0 Å². The number of nitrogens with one attached hydrogen (secondary N) is 1. The monoisotopic (exact) mass is 501 g/mol. The molecule has 1 aliphatic carbocycles. The number of aromatic amines is 1. The van der Waals surface area contributed by atoms with Crippen molar-refractivity contribution in [2.24, 2.45) is 0 Å². The molecule has 1 atom stereocenters. The van der Waals surface area contributed by atoms with E-state index in [1.165, 1.54) is 37.7 Å². The first-order valence-electron chi connectivity index (χ1n) is 13.5. The van der Waals surface area contributed by atoms with E-state index in [4.69, 9.17) is 4.42 Å². The van der Waals surface area contributed by atoms with Crippen LogP contribution in [0, 0.1) is 13.8 Å². The topological polar surface area (TPSA) is 96.1 Å². The standard InChI is InChI=1S/C28H35N7O2/c1-19-15-21-17-24(28(36)29-25(21)16-20(19)2)26(27-30-31-32-35(27)18-23-9-6-14-37-23)34-12-10-33(11-13-34)22-7-4-3-5-8-22/h6,9,14-17,22,26H,3-5,7-8,10-13,18H2,1-2H3,(H,29,36)/t26-/m1/s1. The lowest BCUT2D eigenvalue weighted by atomic mass is 9.93. The van der Waals surface area contributed by atoms with Gasteiger partial charge in [-0.3, -0.25) is 14.6 Å². The third kappa shape index (κ3) is 4.85. The molecule has 1 saturated carbocycles. The summed E-state index contributed by atoms with van der Waals surface area (Å²) in [6, 6.07) is 10.3. The molecule has 0 radical (unpaired) electrons. The Morgan fingerprint density at radius 1 is 1.05 bits per heavy atom. The molecule has 2 fully saturated rings. The first kappa shape index (κ1) is 24.1. The second-order valence-electron chi connectivity index (χ2n) is 10.6. The molecule has 4 heterocycles. The number of hydrogen-bond acceptors (Lipinski definition) is 7. The fourth-order valence-corrected chi connectivity index (χ4v) is 6.07. The van der Waals surface area contributed by atoms with Gasteiger partial charge in [0.1, 0.15) is 18.3 Å². The lowest BCUT2D eigenvalue weighted by molar-refractivity contribution is 0.0617. The number of benzene rings is 1. The average Bonchev–Trinajstić information content (AvgIpc) is 3.60. The maximum atomic E-state index is 13.6. The highest BCUT2D eigenvalue weighted by Crippen LogP contribution is 2.30. The van der Waals surface area contributed by atoms with Crippen molar-refractivity contribution in [2.45, 2.75) is 64.6 Å². The zero-order valence-electron chi connectivity index (χ0n) is 21.7. The number of fused-ring (bicyclic) bond motifs is 1. The molecule has 3 aromatic heterocycles. The Balaban J connectivity index is 1.37. The van der Waals surface area contributed by atoms with Gasteiger partial charge in [0.25, 0.3) is 5.56 Å². The van der Waals surface area contributed by atoms with Crippen molar-refractivity contribution in [3.63, 3.8) is 0 Å². The smallest absolute Gasteiger partial charge is 0.253 e. The van der Waals surface area contributed by atoms with Crippen LogP contribution in [-0.4, -0.2) is 67.2 Å². The quantitative estimate of drug-likeness (QED) is 0.429. The van der Waals surface area contributed by atoms with Crippen molar-refractivity contribution >= 4 is 10.9 Å². The molecule has 194 valence electrons. The van der Waals surface area contributed by atoms with Crippen LogP contribution < -0.4 is 5.56 Å². The normalized spacial score (nSPS) is 19.0. The fourth-order valence-electron chi connectivity index (χ4n) is 6.07. The molecule has 6 rings (SSSR count). The molecule has 1 aliphatic heterocycles. The van der Waals surface area contributed by atoms with E-state index in [0.29, 0.717) is 24.0 Å². The molecule has 2 aliphatic rings. The van der Waals surface area contributed by atoms with Crippen molar-refractivity contribution in [1.82, 2.24) is 35.0 Å². The number of piperazine rings is 1. The van der Waals surface area contributed by atoms with Crippen molar-refractivity contribution in [2.75, 3.05) is 26.2 Å². The summed E-state index contributed by atoms with van der Waals surface area (Å²) in [6.45, 7) is 8.29. The Bertz CT molecular complexity index is 1410. The maximum Gasteiger partial charge on any atom is 0.253 e. The summed E-state index contributed by atoms with van der Waals surface area (Å²) in [4.78, 5) is 21.7. The van der Waals surface area contributed by atoms with Gasteiger partial charge in [-0.2, -0.15) is 0 Å². The summed E-state index contributed by atoms with van der Waals surface area (Å²) in [5.41, 5.74) is 3.80. The average molecular weight is 502 g/mol. The Kier molecular flexibility index (Phi) is 6.65. The number of aryl methyl sites for hydroxylation is 2. The summed E-state index contributed by atoms with van der Waals surface area (Å²) in [5.74, 6) is 1.43. The largest absolute Gasteiger partial charge is 0.467 e. The second-order valence-corrected chi connectivity index (χ2v) is 10.6. The Morgan fingerprint density at radius 3 is 2.59 bits per heavy atom. The zero-order chi connectivity index (χ0) is 25.4. The first-order chi connectivity index (χ1) is 18.1. The van der Waals surface area contributed by atoms with Gasteiger partial charge in [0.15, 0.2) is 5.82 Å². The van der Waals surface area contributed by atoms with Crippen LogP contribution in [0.3, 0.4) is 0 Å². The van der Waals surface area contributed by atoms with E-state index >= 15 is 0 Å². The van der Waals surface area contributed by atoms with E-state index in [-0.39, 0.29) is 11.6 Å². The van der Waals surface area contributed by atoms with E-state index in [2.05, 4.69) is 56.3 Å². The molecule has 0 amide bonds. The highest BCUT2D eigenvalue weighted by Gasteiger charge is 2.34. The maximum absolute atomic E-state index is 13.6. The Hall–Kier alpha value is -3.30. The summed E-state index contributed by atoms with van der Waals surface area (Å²) in [6.07, 6.45) is 8.28. The molecule has 4 aromatic rings. The summed E-state index contributed by atoms with van der Waals surface area (Å²) < 4.78 is 7.34. The van der Waals surface area contributed by atoms with Gasteiger partial charge in [0.2, 0.25) is 0 Å². The van der Waals surface area contributed by atoms with E-state index in [1.54, 1.807) is 10.9 Å². The minimum atomic E-state index is -0.353. The lowest BCUT2D eigenvalue weighted by Crippen LogP contribution is -2.52. The van der Waals surface area contributed by atoms with Crippen molar-refractivity contribution in [1.29, 1.82) is 0 Å². The van der Waals surface area contributed by atoms with Crippen LogP contribution in [0.5, 0.6) is 0 Å². The highest BCUT2D eigenvalue weighted by molar-refractivity contribution is 5.81. The van der Waals surface area contributed by atoms with Gasteiger partial charge >= 0.3 is 0 Å². The van der Waals surface area contributed by atoms with Crippen LogP contribution in [0.25, 0.3) is 10.9 Å². The molecule has 1 saturated heterocycles. The highest BCUT2D eigenvalue weighted by atomic mass is 16.3. The third-order valence-electron chi connectivity index (χ3n) is 8.28. The van der Waals surface area contributed by atoms with Gasteiger partial charge in [-0.05, 0) is 84.0 Å².